The van der Waals surface area contributed by atoms with Crippen LogP contribution in [0.2, 0.25) is 10.0 Å². The number of hydrogen-bond donors (Lipinski definition) is 1. The maximum absolute atomic E-state index is 13.4. The number of nitrogens with one attached hydrogen (secondary N) is 1. The highest BCUT2D eigenvalue weighted by Crippen LogP contribution is 2.24. The second-order valence-corrected chi connectivity index (χ2v) is 7.94. The fraction of sp³-hybridized carbons (Fsp3) is 0.125. The molecule has 9 heteroatoms. The maximum atomic E-state index is 13.4. The van der Waals surface area contributed by atoms with Crippen LogP contribution in [-0.2, 0) is 11.3 Å². The van der Waals surface area contributed by atoms with Crippen molar-refractivity contribution in [1.82, 2.24) is 9.13 Å². The summed E-state index contributed by atoms with van der Waals surface area (Å²) in [5.41, 5.74) is -0.0221. The number of para-hydroxylation sites is 1. The zero-order valence-corrected chi connectivity index (χ0v) is 19.1. The number of fused-ring (bicyclic) bond motifs is 1. The van der Waals surface area contributed by atoms with Crippen LogP contribution in [0, 0.1) is 0 Å². The Morgan fingerprint density at radius 1 is 0.970 bits per heavy atom. The molecule has 0 spiro atoms. The average Bonchev–Trinajstić information content (AvgIpc) is 2.80. The van der Waals surface area contributed by atoms with Gasteiger partial charge in [0.25, 0.3) is 5.56 Å². The summed E-state index contributed by atoms with van der Waals surface area (Å²) in [5, 5.41) is 3.55. The van der Waals surface area contributed by atoms with E-state index in [1.807, 2.05) is 6.92 Å². The Kier molecular flexibility index (Phi) is 6.53. The molecule has 0 unspecified atom stereocenters. The Morgan fingerprint density at radius 2 is 1.70 bits per heavy atom. The monoisotopic (exact) mass is 483 g/mol. The Hall–Kier alpha value is -3.55. The summed E-state index contributed by atoms with van der Waals surface area (Å²) in [6, 6.07) is 18.0. The number of carbonyl (C=O) groups is 1. The van der Waals surface area contributed by atoms with Gasteiger partial charge in [-0.1, -0.05) is 35.3 Å². The van der Waals surface area contributed by atoms with E-state index < -0.39 is 17.2 Å². The number of nitrogens with zero attached hydrogens (tertiary/aromatic N) is 2. The first-order chi connectivity index (χ1) is 15.9. The van der Waals surface area contributed by atoms with Crippen molar-refractivity contribution in [2.24, 2.45) is 0 Å². The minimum atomic E-state index is -0.668. The van der Waals surface area contributed by atoms with Crippen LogP contribution < -0.4 is 21.3 Å². The van der Waals surface area contributed by atoms with Crippen molar-refractivity contribution in [1.29, 1.82) is 0 Å². The third-order valence-electron chi connectivity index (χ3n) is 4.96. The number of hydrogen-bond acceptors (Lipinski definition) is 4. The lowest BCUT2D eigenvalue weighted by atomic mass is 10.2. The first-order valence-electron chi connectivity index (χ1n) is 10.1. The topological polar surface area (TPSA) is 82.3 Å². The van der Waals surface area contributed by atoms with E-state index in [1.54, 1.807) is 48.5 Å². The van der Waals surface area contributed by atoms with Crippen LogP contribution in [0.25, 0.3) is 16.6 Å². The zero-order chi connectivity index (χ0) is 23.5. The number of carbonyl (C=O) groups excluding carboxylic acids is 1. The van der Waals surface area contributed by atoms with Crippen molar-refractivity contribution in [3.8, 4) is 11.4 Å². The zero-order valence-electron chi connectivity index (χ0n) is 17.5. The van der Waals surface area contributed by atoms with Crippen molar-refractivity contribution in [3.63, 3.8) is 0 Å². The molecule has 0 saturated carbocycles. The number of amides is 1. The van der Waals surface area contributed by atoms with Crippen molar-refractivity contribution < 1.29 is 9.53 Å². The third-order valence-corrected chi connectivity index (χ3v) is 5.70. The van der Waals surface area contributed by atoms with Crippen LogP contribution in [0.15, 0.2) is 76.3 Å². The molecule has 0 saturated heterocycles. The summed E-state index contributed by atoms with van der Waals surface area (Å²) < 4.78 is 7.63. The Morgan fingerprint density at radius 3 is 2.39 bits per heavy atom. The van der Waals surface area contributed by atoms with E-state index in [0.29, 0.717) is 28.6 Å². The Balaban J connectivity index is 1.75. The van der Waals surface area contributed by atoms with Gasteiger partial charge in [0, 0.05) is 5.69 Å². The number of ether oxygens (including phenoxy) is 1. The first kappa shape index (κ1) is 22.6. The number of halogens is 2. The predicted octanol–water partition coefficient (Wildman–Crippen LogP) is 4.50. The maximum Gasteiger partial charge on any atom is 0.336 e. The van der Waals surface area contributed by atoms with Gasteiger partial charge in [-0.2, -0.15) is 0 Å². The first-order valence-corrected chi connectivity index (χ1v) is 10.9. The number of aromatic nitrogens is 2. The molecule has 4 rings (SSSR count). The second kappa shape index (κ2) is 9.52. The lowest BCUT2D eigenvalue weighted by Gasteiger charge is -2.14. The fourth-order valence-corrected chi connectivity index (χ4v) is 3.76. The molecule has 1 heterocycles. The minimum absolute atomic E-state index is 0.202. The smallest absolute Gasteiger partial charge is 0.336 e. The van der Waals surface area contributed by atoms with Gasteiger partial charge in [-0.3, -0.25) is 14.2 Å². The highest BCUT2D eigenvalue weighted by Gasteiger charge is 2.17. The van der Waals surface area contributed by atoms with Crippen LogP contribution >= 0.6 is 23.2 Å². The van der Waals surface area contributed by atoms with E-state index in [9.17, 15) is 14.4 Å². The number of anilines is 1. The molecular formula is C24H19Cl2N3O4. The second-order valence-electron chi connectivity index (χ2n) is 7.13. The van der Waals surface area contributed by atoms with E-state index in [0.717, 1.165) is 4.57 Å². The summed E-state index contributed by atoms with van der Waals surface area (Å²) in [5.74, 6) is 0.261. The van der Waals surface area contributed by atoms with Gasteiger partial charge in [-0.15, -0.1) is 0 Å². The molecule has 1 amide bonds. The molecule has 1 aromatic heterocycles. The third kappa shape index (κ3) is 4.65. The molecule has 168 valence electrons. The normalized spacial score (nSPS) is 10.9. The van der Waals surface area contributed by atoms with Crippen molar-refractivity contribution in [2.75, 3.05) is 11.9 Å². The molecule has 0 aliphatic heterocycles. The van der Waals surface area contributed by atoms with Gasteiger partial charge in [0.1, 0.15) is 12.3 Å². The highest BCUT2D eigenvalue weighted by atomic mass is 35.5. The van der Waals surface area contributed by atoms with Crippen LogP contribution in [0.1, 0.15) is 6.92 Å². The molecule has 0 fully saturated rings. The van der Waals surface area contributed by atoms with Gasteiger partial charge in [-0.25, -0.2) is 9.36 Å². The summed E-state index contributed by atoms with van der Waals surface area (Å²) in [6.07, 6.45) is 0. The average molecular weight is 484 g/mol. The van der Waals surface area contributed by atoms with E-state index >= 15 is 0 Å². The number of benzene rings is 3. The standard InChI is InChI=1S/C24H19Cl2N3O4/c1-2-33-17-10-7-15(8-11-17)27-22(30)14-28-21-6-4-3-5-18(21)23(31)29(24(28)32)16-9-12-19(25)20(26)13-16/h3-13H,2,14H2,1H3,(H,27,30). The molecule has 1 N–H and O–H groups in total. The molecule has 0 bridgehead atoms. The van der Waals surface area contributed by atoms with Crippen molar-refractivity contribution >= 4 is 45.7 Å². The molecule has 0 aliphatic rings. The van der Waals surface area contributed by atoms with Crippen molar-refractivity contribution in [3.05, 3.63) is 97.6 Å². The molecule has 0 radical (unpaired) electrons. The Labute approximate surface area is 198 Å². The van der Waals surface area contributed by atoms with E-state index in [-0.39, 0.29) is 22.6 Å². The van der Waals surface area contributed by atoms with Crippen LogP contribution in [0.5, 0.6) is 5.75 Å². The molecular weight excluding hydrogens is 465 g/mol. The lowest BCUT2D eigenvalue weighted by molar-refractivity contribution is -0.116. The van der Waals surface area contributed by atoms with Crippen LogP contribution in [-0.4, -0.2) is 21.6 Å². The largest absolute Gasteiger partial charge is 0.494 e. The minimum Gasteiger partial charge on any atom is -0.494 e. The van der Waals surface area contributed by atoms with Crippen LogP contribution in [0.4, 0.5) is 5.69 Å². The fourth-order valence-electron chi connectivity index (χ4n) is 3.47. The van der Waals surface area contributed by atoms with Crippen LogP contribution in [0.3, 0.4) is 0 Å². The van der Waals surface area contributed by atoms with Crippen molar-refractivity contribution in [2.45, 2.75) is 13.5 Å². The SMILES string of the molecule is CCOc1ccc(NC(=O)Cn2c(=O)n(-c3ccc(Cl)c(Cl)c3)c(=O)c3ccccc32)cc1. The Bertz CT molecular complexity index is 1460. The van der Waals surface area contributed by atoms with Gasteiger partial charge in [0.2, 0.25) is 5.91 Å². The molecule has 4 aromatic rings. The van der Waals surface area contributed by atoms with Gasteiger partial charge < -0.3 is 10.1 Å². The summed E-state index contributed by atoms with van der Waals surface area (Å²) >= 11 is 12.1. The quantitative estimate of drug-likeness (QED) is 0.437. The summed E-state index contributed by atoms with van der Waals surface area (Å²) in [4.78, 5) is 39.3. The van der Waals surface area contributed by atoms with Gasteiger partial charge in [0.05, 0.1) is 33.2 Å². The molecule has 0 atom stereocenters. The van der Waals surface area contributed by atoms with Gasteiger partial charge in [-0.05, 0) is 61.5 Å². The lowest BCUT2D eigenvalue weighted by Crippen LogP contribution is -2.40. The molecule has 3 aromatic carbocycles. The molecule has 7 nitrogen and oxygen atoms in total. The molecule has 0 aliphatic carbocycles. The summed E-state index contributed by atoms with van der Waals surface area (Å²) in [7, 11) is 0. The van der Waals surface area contributed by atoms with E-state index in [1.165, 1.54) is 22.8 Å². The van der Waals surface area contributed by atoms with E-state index in [2.05, 4.69) is 5.32 Å². The van der Waals surface area contributed by atoms with Gasteiger partial charge >= 0.3 is 5.69 Å². The summed E-state index contributed by atoms with van der Waals surface area (Å²) in [6.45, 7) is 2.12. The number of rotatable bonds is 6. The predicted molar refractivity (Wildman–Crippen MR) is 130 cm³/mol. The van der Waals surface area contributed by atoms with E-state index in [4.69, 9.17) is 27.9 Å². The molecule has 33 heavy (non-hydrogen) atoms. The highest BCUT2D eigenvalue weighted by molar-refractivity contribution is 6.42. The van der Waals surface area contributed by atoms with Gasteiger partial charge in [0.15, 0.2) is 0 Å².